The fourth-order valence-electron chi connectivity index (χ4n) is 2.92. The number of aromatic nitrogens is 1. The molecule has 2 heteroatoms. The molecule has 0 N–H and O–H groups in total. The summed E-state index contributed by atoms with van der Waals surface area (Å²) in [4.78, 5) is 0. The average molecular weight is 430 g/mol. The molecule has 1 aromatic heterocycles. The van der Waals surface area contributed by atoms with E-state index in [1.807, 2.05) is 0 Å². The molecule has 0 aliphatic heterocycles. The van der Waals surface area contributed by atoms with Gasteiger partial charge in [0.15, 0.2) is 0 Å². The summed E-state index contributed by atoms with van der Waals surface area (Å²) in [5.41, 5.74) is 2.84. The van der Waals surface area contributed by atoms with Crippen molar-refractivity contribution in [2.24, 2.45) is 5.92 Å². The Morgan fingerprint density at radius 3 is 2.78 bits per heavy atom. The number of hydrogen-bond acceptors (Lipinski definition) is 0. The van der Waals surface area contributed by atoms with Crippen LogP contribution in [0.1, 0.15) is 19.9 Å². The van der Waals surface area contributed by atoms with Gasteiger partial charge in [0.1, 0.15) is 0 Å². The van der Waals surface area contributed by atoms with Crippen LogP contribution in [0.25, 0.3) is 10.9 Å². The van der Waals surface area contributed by atoms with Crippen molar-refractivity contribution in [3.8, 4) is 0 Å². The second-order valence-electron chi connectivity index (χ2n) is 5.06. The molecule has 0 spiro atoms. The van der Waals surface area contributed by atoms with Gasteiger partial charge in [-0.25, -0.2) is 0 Å². The van der Waals surface area contributed by atoms with Crippen LogP contribution in [-0.2, 0) is 0 Å². The Hall–Kier alpha value is -0.838. The molecule has 89 valence electrons. The Labute approximate surface area is 124 Å². The zero-order chi connectivity index (χ0) is 12.7. The van der Waals surface area contributed by atoms with E-state index in [-0.39, 0.29) is 0 Å². The quantitative estimate of drug-likeness (QED) is 0.614. The Balaban J connectivity index is 2.23. The van der Waals surface area contributed by atoms with Crippen LogP contribution in [0, 0.1) is 5.92 Å². The number of fused-ring (bicyclic) bond motifs is 1. The fourth-order valence-corrected chi connectivity index (χ4v) is 4.53. The summed E-state index contributed by atoms with van der Waals surface area (Å²) in [5, 5.41) is 1.37. The van der Waals surface area contributed by atoms with Crippen LogP contribution >= 0.6 is 0 Å². The Morgan fingerprint density at radius 2 is 2.00 bits per heavy atom. The van der Waals surface area contributed by atoms with E-state index in [1.165, 1.54) is 19.7 Å². The summed E-state index contributed by atoms with van der Waals surface area (Å²) in [6.45, 7) is 4.56. The van der Waals surface area contributed by atoms with Crippen LogP contribution in [0.15, 0.2) is 54.1 Å². The average Bonchev–Trinajstić information content (AvgIpc) is 2.66. The SMILES string of the molecule is CC1=CC=CC(C)C1n1[c]([Pb])cc2ccccc21. The van der Waals surface area contributed by atoms with Gasteiger partial charge in [0.05, 0.1) is 0 Å². The molecule has 3 rings (SSSR count). The number of benzene rings is 1. The molecular formula is C16H16NPb. The minimum absolute atomic E-state index is 0.488. The van der Waals surface area contributed by atoms with Crippen molar-refractivity contribution in [2.45, 2.75) is 19.9 Å². The second kappa shape index (κ2) is 4.68. The summed E-state index contributed by atoms with van der Waals surface area (Å²) in [5.74, 6) is 0.568. The second-order valence-corrected chi connectivity index (χ2v) is 7.05. The zero-order valence-electron chi connectivity index (χ0n) is 10.7. The van der Waals surface area contributed by atoms with Crippen molar-refractivity contribution in [2.75, 3.05) is 0 Å². The molecule has 2 unspecified atom stereocenters. The molecule has 18 heavy (non-hydrogen) atoms. The molecule has 1 nitrogen and oxygen atoms in total. The van der Waals surface area contributed by atoms with Crippen LogP contribution in [0.3, 0.4) is 0 Å². The van der Waals surface area contributed by atoms with E-state index in [1.54, 1.807) is 0 Å². The molecule has 1 aliphatic carbocycles. The van der Waals surface area contributed by atoms with Crippen molar-refractivity contribution in [1.29, 1.82) is 0 Å². The Bertz CT molecular complexity index is 648. The van der Waals surface area contributed by atoms with Gasteiger partial charge in [0, 0.05) is 0 Å². The van der Waals surface area contributed by atoms with Gasteiger partial charge in [-0.2, -0.15) is 0 Å². The molecule has 0 fully saturated rings. The minimum atomic E-state index is 0.488. The molecule has 1 aliphatic rings. The van der Waals surface area contributed by atoms with Crippen molar-refractivity contribution >= 4 is 39.9 Å². The molecule has 0 bridgehead atoms. The zero-order valence-corrected chi connectivity index (χ0v) is 14.6. The van der Waals surface area contributed by atoms with Crippen molar-refractivity contribution in [1.82, 2.24) is 4.57 Å². The van der Waals surface area contributed by atoms with E-state index < -0.39 is 0 Å². The third kappa shape index (κ3) is 1.89. The summed E-state index contributed by atoms with van der Waals surface area (Å²) >= 11 is 1.09. The van der Waals surface area contributed by atoms with E-state index in [2.05, 4.69) is 67.0 Å². The van der Waals surface area contributed by atoms with Crippen molar-refractivity contribution < 1.29 is 0 Å². The maximum atomic E-state index is 2.54. The van der Waals surface area contributed by atoms with Gasteiger partial charge in [0.25, 0.3) is 0 Å². The van der Waals surface area contributed by atoms with Crippen LogP contribution < -0.4 is 3.25 Å². The van der Waals surface area contributed by atoms with Gasteiger partial charge in [-0.05, 0) is 0 Å². The predicted octanol–water partition coefficient (Wildman–Crippen LogP) is 3.13. The van der Waals surface area contributed by atoms with Crippen LogP contribution in [-0.4, -0.2) is 30.3 Å². The number of hydrogen-bond donors (Lipinski definition) is 0. The third-order valence-electron chi connectivity index (χ3n) is 3.76. The van der Waals surface area contributed by atoms with Gasteiger partial charge >= 0.3 is 124 Å². The number of nitrogens with zero attached hydrogens (tertiary/aromatic N) is 1. The molecule has 2 atom stereocenters. The van der Waals surface area contributed by atoms with Gasteiger partial charge < -0.3 is 0 Å². The van der Waals surface area contributed by atoms with Gasteiger partial charge in [-0.15, -0.1) is 0 Å². The third-order valence-corrected chi connectivity index (χ3v) is 5.26. The molecule has 3 radical (unpaired) electrons. The fraction of sp³-hybridized carbons (Fsp3) is 0.250. The molecule has 2 aromatic rings. The molecule has 1 aromatic carbocycles. The van der Waals surface area contributed by atoms with Crippen molar-refractivity contribution in [3.05, 3.63) is 54.1 Å². The number of allylic oxidation sites excluding steroid dienone is 4. The molecule has 0 saturated carbocycles. The van der Waals surface area contributed by atoms with Crippen molar-refractivity contribution in [3.63, 3.8) is 0 Å². The number of rotatable bonds is 1. The standard InChI is InChI=1S/C16H16N.Pb/c1-12-6-5-7-13(2)16(12)17-11-10-14-8-3-4-9-15(14)17;/h3-10,12,16H,1-2H3;. The van der Waals surface area contributed by atoms with Crippen LogP contribution in [0.2, 0.25) is 0 Å². The maximum absolute atomic E-state index is 2.54. The predicted molar refractivity (Wildman–Crippen MR) is 78.4 cm³/mol. The monoisotopic (exact) mass is 430 g/mol. The molecule has 0 amide bonds. The van der Waals surface area contributed by atoms with Crippen LogP contribution in [0.4, 0.5) is 0 Å². The Morgan fingerprint density at radius 1 is 1.22 bits per heavy atom. The first-order valence-corrected chi connectivity index (χ1v) is 8.29. The summed E-state index contributed by atoms with van der Waals surface area (Å²) < 4.78 is 4.03. The van der Waals surface area contributed by atoms with E-state index >= 15 is 0 Å². The molecule has 1 heterocycles. The topological polar surface area (TPSA) is 4.93 Å². The summed E-state index contributed by atoms with van der Waals surface area (Å²) in [6, 6.07) is 11.6. The van der Waals surface area contributed by atoms with Gasteiger partial charge in [-0.3, -0.25) is 0 Å². The van der Waals surface area contributed by atoms with Gasteiger partial charge in [0.2, 0.25) is 0 Å². The summed E-state index contributed by atoms with van der Waals surface area (Å²) in [6.07, 6.45) is 6.75. The van der Waals surface area contributed by atoms with E-state index in [9.17, 15) is 0 Å². The van der Waals surface area contributed by atoms with E-state index in [0.717, 1.165) is 25.8 Å². The first-order chi connectivity index (χ1) is 8.68. The van der Waals surface area contributed by atoms with Crippen LogP contribution in [0.5, 0.6) is 0 Å². The number of para-hydroxylation sites is 1. The van der Waals surface area contributed by atoms with E-state index in [0.29, 0.717) is 12.0 Å². The molecule has 0 saturated heterocycles. The summed E-state index contributed by atoms with van der Waals surface area (Å²) in [7, 11) is 0. The first-order valence-electron chi connectivity index (χ1n) is 6.35. The molecular weight excluding hydrogens is 413 g/mol. The van der Waals surface area contributed by atoms with E-state index in [4.69, 9.17) is 0 Å². The first kappa shape index (κ1) is 12.2. The normalized spacial score (nSPS) is 23.4. The van der Waals surface area contributed by atoms with Gasteiger partial charge in [-0.1, -0.05) is 0 Å². The Kier molecular flexibility index (Phi) is 3.18.